The van der Waals surface area contributed by atoms with E-state index in [1.165, 1.54) is 0 Å². The van der Waals surface area contributed by atoms with E-state index in [2.05, 4.69) is 11.3 Å². The van der Waals surface area contributed by atoms with Gasteiger partial charge in [0.2, 0.25) is 0 Å². The third-order valence-electron chi connectivity index (χ3n) is 1.90. The number of carbonyl (C=O) groups excluding carboxylic acids is 1. The quantitative estimate of drug-likeness (QED) is 0.597. The van der Waals surface area contributed by atoms with Gasteiger partial charge in [0, 0.05) is 6.42 Å². The Bertz CT molecular complexity index is 213. The van der Waals surface area contributed by atoms with Crippen LogP contribution in [-0.2, 0) is 18.9 Å². The Morgan fingerprint density at radius 3 is 2.46 bits per heavy atom. The molecule has 0 bridgehead atoms. The molecule has 2 unspecified atom stereocenters. The predicted octanol–water partition coefficient (Wildman–Crippen LogP) is 0.798. The van der Waals surface area contributed by atoms with E-state index in [9.17, 15) is 4.79 Å². The lowest BCUT2D eigenvalue weighted by Gasteiger charge is -2.09. The topological polar surface area (TPSA) is 54.0 Å². The maximum Gasteiger partial charge on any atom is 0.508 e. The van der Waals surface area contributed by atoms with Crippen molar-refractivity contribution in [2.45, 2.75) is 18.6 Å². The second-order valence-corrected chi connectivity index (χ2v) is 2.96. The number of ether oxygens (including phenoxy) is 4. The summed E-state index contributed by atoms with van der Waals surface area (Å²) in [6.45, 7) is 4.27. The Labute approximate surface area is 75.2 Å². The van der Waals surface area contributed by atoms with Crippen LogP contribution in [0.3, 0.4) is 0 Å². The normalized spacial score (nSPS) is 32.0. The number of hydrogen-bond acceptors (Lipinski definition) is 5. The molecule has 72 valence electrons. The lowest BCUT2D eigenvalue weighted by Crippen LogP contribution is -2.21. The smallest absolute Gasteiger partial charge is 0.462 e. The van der Waals surface area contributed by atoms with Crippen LogP contribution < -0.4 is 0 Å². The third kappa shape index (κ3) is 1.85. The summed E-state index contributed by atoms with van der Waals surface area (Å²) in [6, 6.07) is 0. The van der Waals surface area contributed by atoms with E-state index in [-0.39, 0.29) is 12.2 Å². The Morgan fingerprint density at radius 1 is 1.23 bits per heavy atom. The van der Waals surface area contributed by atoms with Gasteiger partial charge in [-0.25, -0.2) is 4.79 Å². The standard InChI is InChI=1S/C8H10O5/c1-5-10-3-6(12-5)2-7-4-11-8(9)13-7/h6-7H,1-4H2. The van der Waals surface area contributed by atoms with Crippen molar-refractivity contribution in [1.29, 1.82) is 0 Å². The second kappa shape index (κ2) is 3.16. The summed E-state index contributed by atoms with van der Waals surface area (Å²) in [4.78, 5) is 10.6. The molecule has 0 aromatic heterocycles. The van der Waals surface area contributed by atoms with E-state index < -0.39 is 6.16 Å². The maximum atomic E-state index is 10.6. The van der Waals surface area contributed by atoms with Crippen LogP contribution in [-0.4, -0.2) is 31.6 Å². The number of rotatable bonds is 2. The highest BCUT2D eigenvalue weighted by atomic mass is 16.8. The summed E-state index contributed by atoms with van der Waals surface area (Å²) in [5.41, 5.74) is 0. The fraction of sp³-hybridized carbons (Fsp3) is 0.625. The Kier molecular flexibility index (Phi) is 2.00. The van der Waals surface area contributed by atoms with E-state index in [1.807, 2.05) is 0 Å². The van der Waals surface area contributed by atoms with Crippen molar-refractivity contribution >= 4 is 6.16 Å². The number of hydrogen-bond donors (Lipinski definition) is 0. The zero-order valence-electron chi connectivity index (χ0n) is 7.02. The molecule has 2 aliphatic rings. The van der Waals surface area contributed by atoms with Gasteiger partial charge in [0.05, 0.1) is 0 Å². The van der Waals surface area contributed by atoms with E-state index >= 15 is 0 Å². The highest BCUT2D eigenvalue weighted by molar-refractivity contribution is 5.61. The van der Waals surface area contributed by atoms with Crippen LogP contribution in [0.5, 0.6) is 0 Å². The van der Waals surface area contributed by atoms with Crippen molar-refractivity contribution in [2.24, 2.45) is 0 Å². The van der Waals surface area contributed by atoms with Crippen LogP contribution >= 0.6 is 0 Å². The molecule has 2 rings (SSSR count). The fourth-order valence-corrected chi connectivity index (χ4v) is 1.33. The molecule has 0 aromatic carbocycles. The molecule has 2 atom stereocenters. The zero-order valence-corrected chi connectivity index (χ0v) is 7.02. The molecule has 0 aromatic rings. The van der Waals surface area contributed by atoms with E-state index in [4.69, 9.17) is 14.2 Å². The van der Waals surface area contributed by atoms with E-state index in [0.29, 0.717) is 25.6 Å². The van der Waals surface area contributed by atoms with E-state index in [0.717, 1.165) is 0 Å². The van der Waals surface area contributed by atoms with Crippen molar-refractivity contribution in [3.8, 4) is 0 Å². The van der Waals surface area contributed by atoms with E-state index in [1.54, 1.807) is 0 Å². The molecule has 2 heterocycles. The molecule has 2 aliphatic heterocycles. The highest BCUT2D eigenvalue weighted by Crippen LogP contribution is 2.20. The Hall–Kier alpha value is -1.39. The van der Waals surface area contributed by atoms with Gasteiger partial charge in [-0.15, -0.1) is 0 Å². The SMILES string of the molecule is C=C1OCC(CC2COC(=O)O2)O1. The van der Waals surface area contributed by atoms with Crippen LogP contribution in [0.2, 0.25) is 0 Å². The van der Waals surface area contributed by atoms with Crippen LogP contribution in [0.25, 0.3) is 0 Å². The van der Waals surface area contributed by atoms with Gasteiger partial charge in [0.15, 0.2) is 0 Å². The fourth-order valence-electron chi connectivity index (χ4n) is 1.33. The highest BCUT2D eigenvalue weighted by Gasteiger charge is 2.31. The summed E-state index contributed by atoms with van der Waals surface area (Å²) in [6.07, 6.45) is -0.313. The van der Waals surface area contributed by atoms with Crippen LogP contribution in [0.4, 0.5) is 4.79 Å². The Morgan fingerprint density at radius 2 is 1.92 bits per heavy atom. The molecule has 5 heteroatoms. The van der Waals surface area contributed by atoms with Gasteiger partial charge in [0.25, 0.3) is 5.95 Å². The van der Waals surface area contributed by atoms with Crippen molar-refractivity contribution in [2.75, 3.05) is 13.2 Å². The summed E-state index contributed by atoms with van der Waals surface area (Å²) >= 11 is 0. The largest absolute Gasteiger partial charge is 0.508 e. The molecular weight excluding hydrogens is 176 g/mol. The summed E-state index contributed by atoms with van der Waals surface area (Å²) < 4.78 is 19.7. The molecular formula is C8H10O5. The molecule has 0 amide bonds. The number of cyclic esters (lactones) is 2. The van der Waals surface area contributed by atoms with Gasteiger partial charge >= 0.3 is 6.16 Å². The first-order valence-electron chi connectivity index (χ1n) is 4.06. The van der Waals surface area contributed by atoms with Gasteiger partial charge < -0.3 is 18.9 Å². The van der Waals surface area contributed by atoms with Gasteiger partial charge in [-0.05, 0) is 6.58 Å². The second-order valence-electron chi connectivity index (χ2n) is 2.96. The van der Waals surface area contributed by atoms with Crippen LogP contribution in [0.15, 0.2) is 12.5 Å². The summed E-state index contributed by atoms with van der Waals surface area (Å²) in [5, 5.41) is 0. The van der Waals surface area contributed by atoms with Crippen molar-refractivity contribution < 1.29 is 23.7 Å². The minimum Gasteiger partial charge on any atom is -0.462 e. The summed E-state index contributed by atoms with van der Waals surface area (Å²) in [5.74, 6) is 0.329. The predicted molar refractivity (Wildman–Crippen MR) is 40.8 cm³/mol. The van der Waals surface area contributed by atoms with Crippen LogP contribution in [0.1, 0.15) is 6.42 Å². The zero-order chi connectivity index (χ0) is 9.26. The van der Waals surface area contributed by atoms with Crippen LogP contribution in [0, 0.1) is 0 Å². The molecule has 5 nitrogen and oxygen atoms in total. The lowest BCUT2D eigenvalue weighted by atomic mass is 10.2. The third-order valence-corrected chi connectivity index (χ3v) is 1.90. The molecule has 13 heavy (non-hydrogen) atoms. The minimum absolute atomic E-state index is 0.0769. The van der Waals surface area contributed by atoms with Gasteiger partial charge in [-0.1, -0.05) is 0 Å². The average molecular weight is 186 g/mol. The Balaban J connectivity index is 1.78. The molecule has 0 radical (unpaired) electrons. The molecule has 2 saturated heterocycles. The van der Waals surface area contributed by atoms with Gasteiger partial charge in [0.1, 0.15) is 25.4 Å². The maximum absolute atomic E-state index is 10.6. The minimum atomic E-state index is -0.609. The number of carbonyl (C=O) groups is 1. The molecule has 0 aliphatic carbocycles. The van der Waals surface area contributed by atoms with Gasteiger partial charge in [-0.2, -0.15) is 0 Å². The van der Waals surface area contributed by atoms with Crippen molar-refractivity contribution in [3.05, 3.63) is 12.5 Å². The first kappa shape index (κ1) is 8.22. The molecule has 0 N–H and O–H groups in total. The first-order valence-corrected chi connectivity index (χ1v) is 4.06. The lowest BCUT2D eigenvalue weighted by molar-refractivity contribution is 0.0835. The monoisotopic (exact) mass is 186 g/mol. The molecule has 0 spiro atoms. The first-order chi connectivity index (χ1) is 6.24. The molecule has 0 saturated carbocycles. The average Bonchev–Trinajstić information content (AvgIpc) is 2.62. The van der Waals surface area contributed by atoms with Crippen molar-refractivity contribution in [3.63, 3.8) is 0 Å². The summed E-state index contributed by atoms with van der Waals surface area (Å²) in [7, 11) is 0. The van der Waals surface area contributed by atoms with Gasteiger partial charge in [-0.3, -0.25) is 0 Å². The molecule has 2 fully saturated rings. The van der Waals surface area contributed by atoms with Crippen molar-refractivity contribution in [1.82, 2.24) is 0 Å².